The van der Waals surface area contributed by atoms with Gasteiger partial charge in [0.15, 0.2) is 0 Å². The van der Waals surface area contributed by atoms with Gasteiger partial charge in [-0.1, -0.05) is 12.1 Å². The lowest BCUT2D eigenvalue weighted by Crippen LogP contribution is -2.43. The number of hydrogen-bond donors (Lipinski definition) is 2. The van der Waals surface area contributed by atoms with Crippen molar-refractivity contribution in [2.24, 2.45) is 0 Å². The van der Waals surface area contributed by atoms with Crippen molar-refractivity contribution < 1.29 is 28.3 Å². The van der Waals surface area contributed by atoms with Gasteiger partial charge in [-0.3, -0.25) is 19.1 Å². The molecule has 186 valence electrons. The zero-order valence-corrected chi connectivity index (χ0v) is 19.2. The summed E-state index contributed by atoms with van der Waals surface area (Å²) in [5.74, 6) is -4.50. The first-order valence-corrected chi connectivity index (χ1v) is 11.3. The van der Waals surface area contributed by atoms with Crippen molar-refractivity contribution in [1.82, 2.24) is 19.8 Å². The van der Waals surface area contributed by atoms with Crippen LogP contribution < -0.4 is 5.32 Å². The number of carbonyl (C=O) groups excluding carboxylic acids is 2. The Morgan fingerprint density at radius 3 is 2.65 bits per heavy atom. The van der Waals surface area contributed by atoms with E-state index in [-0.39, 0.29) is 5.56 Å². The Morgan fingerprint density at radius 2 is 1.89 bits per heavy atom. The van der Waals surface area contributed by atoms with Crippen molar-refractivity contribution in [3.63, 3.8) is 0 Å². The normalized spacial score (nSPS) is 16.6. The van der Waals surface area contributed by atoms with Gasteiger partial charge in [-0.05, 0) is 47.5 Å². The van der Waals surface area contributed by atoms with E-state index in [9.17, 15) is 28.3 Å². The standard InChI is InChI=1S/C26H19F2N5O4/c27-26(28)11-18(12-29)33(14-26)23(34)13-31-24(35)19-5-7-30-21-3-1-16(10-20(19)21)15-2-4-22-17(9-15)6-8-32(22)25(36)37/h1-10,18H,11,13-14H2,(H,31,35)(H,36,37)/t18-/m0/s1. The van der Waals surface area contributed by atoms with Crippen LogP contribution in [0.3, 0.4) is 0 Å². The predicted octanol–water partition coefficient (Wildman–Crippen LogP) is 3.87. The number of nitrogens with zero attached hydrogens (tertiary/aromatic N) is 4. The van der Waals surface area contributed by atoms with Crippen LogP contribution in [0, 0.1) is 11.3 Å². The van der Waals surface area contributed by atoms with Gasteiger partial charge < -0.3 is 15.3 Å². The molecule has 1 saturated heterocycles. The predicted molar refractivity (Wildman–Crippen MR) is 129 cm³/mol. The zero-order chi connectivity index (χ0) is 26.3. The summed E-state index contributed by atoms with van der Waals surface area (Å²) in [6.07, 6.45) is 1.10. The summed E-state index contributed by atoms with van der Waals surface area (Å²) in [5, 5.41) is 22.1. The maximum atomic E-state index is 13.7. The Balaban J connectivity index is 1.40. The number of hydrogen-bond acceptors (Lipinski definition) is 5. The second-order valence-corrected chi connectivity index (χ2v) is 8.74. The number of aromatic nitrogens is 2. The SMILES string of the molecule is N#C[C@@H]1CC(F)(F)CN1C(=O)CNC(=O)c1ccnc2ccc(-c3ccc4c(ccn4C(=O)O)c3)cc12. The van der Waals surface area contributed by atoms with Gasteiger partial charge in [0.25, 0.3) is 11.8 Å². The lowest BCUT2D eigenvalue weighted by Gasteiger charge is -2.19. The highest BCUT2D eigenvalue weighted by atomic mass is 19.3. The number of alkyl halides is 2. The number of carboxylic acid groups (broad SMARTS) is 1. The van der Waals surface area contributed by atoms with E-state index < -0.39 is 49.4 Å². The third-order valence-corrected chi connectivity index (χ3v) is 6.36. The highest BCUT2D eigenvalue weighted by Gasteiger charge is 2.47. The zero-order valence-electron chi connectivity index (χ0n) is 19.2. The van der Waals surface area contributed by atoms with E-state index in [1.54, 1.807) is 36.4 Å². The first-order chi connectivity index (χ1) is 17.7. The number of carbonyl (C=O) groups is 3. The molecule has 3 heterocycles. The molecule has 5 rings (SSSR count). The lowest BCUT2D eigenvalue weighted by molar-refractivity contribution is -0.131. The number of pyridine rings is 1. The summed E-state index contributed by atoms with van der Waals surface area (Å²) in [6, 6.07) is 14.3. The maximum absolute atomic E-state index is 13.7. The van der Waals surface area contributed by atoms with Crippen molar-refractivity contribution >= 4 is 39.7 Å². The summed E-state index contributed by atoms with van der Waals surface area (Å²) in [7, 11) is 0. The fourth-order valence-electron chi connectivity index (χ4n) is 4.56. The molecule has 1 atom stereocenters. The number of benzene rings is 2. The van der Waals surface area contributed by atoms with Crippen LogP contribution in [0.15, 0.2) is 60.9 Å². The molecule has 9 nitrogen and oxygen atoms in total. The number of nitrogens with one attached hydrogen (secondary N) is 1. The van der Waals surface area contributed by atoms with Crippen LogP contribution in [0.5, 0.6) is 0 Å². The molecule has 0 spiro atoms. The minimum Gasteiger partial charge on any atom is -0.464 e. The topological polar surface area (TPSA) is 128 Å². The van der Waals surface area contributed by atoms with E-state index in [2.05, 4.69) is 10.3 Å². The van der Waals surface area contributed by atoms with E-state index >= 15 is 0 Å². The molecular formula is C26H19F2N5O4. The molecule has 11 heteroatoms. The van der Waals surface area contributed by atoms with Crippen LogP contribution in [0.2, 0.25) is 0 Å². The number of likely N-dealkylation sites (tertiary alicyclic amines) is 1. The Hall–Kier alpha value is -4.85. The second kappa shape index (κ2) is 8.98. The molecular weight excluding hydrogens is 484 g/mol. The van der Waals surface area contributed by atoms with Crippen molar-refractivity contribution in [2.45, 2.75) is 18.4 Å². The minimum absolute atomic E-state index is 0.237. The monoisotopic (exact) mass is 503 g/mol. The Morgan fingerprint density at radius 1 is 1.14 bits per heavy atom. The Bertz CT molecular complexity index is 1620. The molecule has 0 aliphatic carbocycles. The highest BCUT2D eigenvalue weighted by Crippen LogP contribution is 2.32. The van der Waals surface area contributed by atoms with Gasteiger partial charge in [-0.15, -0.1) is 0 Å². The van der Waals surface area contributed by atoms with Gasteiger partial charge in [0.1, 0.15) is 6.04 Å². The molecule has 37 heavy (non-hydrogen) atoms. The second-order valence-electron chi connectivity index (χ2n) is 8.74. The number of rotatable bonds is 4. The minimum atomic E-state index is -3.14. The average Bonchev–Trinajstić information content (AvgIpc) is 3.46. The maximum Gasteiger partial charge on any atom is 0.415 e. The third-order valence-electron chi connectivity index (χ3n) is 6.36. The number of amides is 2. The number of halogens is 2. The number of fused-ring (bicyclic) bond motifs is 2. The smallest absolute Gasteiger partial charge is 0.415 e. The van der Waals surface area contributed by atoms with Crippen molar-refractivity contribution in [3.05, 3.63) is 66.5 Å². The number of nitriles is 1. The van der Waals surface area contributed by atoms with Crippen LogP contribution in [-0.2, 0) is 4.79 Å². The third kappa shape index (κ3) is 4.45. The van der Waals surface area contributed by atoms with Crippen LogP contribution in [0.4, 0.5) is 13.6 Å². The average molecular weight is 503 g/mol. The molecule has 1 aliphatic rings. The fourth-order valence-corrected chi connectivity index (χ4v) is 4.56. The van der Waals surface area contributed by atoms with E-state index in [0.29, 0.717) is 16.4 Å². The van der Waals surface area contributed by atoms with Gasteiger partial charge >= 0.3 is 6.09 Å². The molecule has 2 amide bonds. The van der Waals surface area contributed by atoms with E-state index in [1.165, 1.54) is 18.5 Å². The molecule has 2 aromatic heterocycles. The fraction of sp³-hybridized carbons (Fsp3) is 0.192. The van der Waals surface area contributed by atoms with Crippen LogP contribution in [-0.4, -0.2) is 62.5 Å². The van der Waals surface area contributed by atoms with Crippen molar-refractivity contribution in [3.8, 4) is 17.2 Å². The van der Waals surface area contributed by atoms with Gasteiger partial charge in [0, 0.05) is 29.6 Å². The van der Waals surface area contributed by atoms with Gasteiger partial charge in [0.05, 0.1) is 35.8 Å². The van der Waals surface area contributed by atoms with Gasteiger partial charge in [-0.2, -0.15) is 5.26 Å². The lowest BCUT2D eigenvalue weighted by atomic mass is 9.99. The first-order valence-electron chi connectivity index (χ1n) is 11.3. The van der Waals surface area contributed by atoms with E-state index in [1.807, 2.05) is 12.1 Å². The van der Waals surface area contributed by atoms with Crippen molar-refractivity contribution in [1.29, 1.82) is 5.26 Å². The summed E-state index contributed by atoms with van der Waals surface area (Å²) >= 11 is 0. The highest BCUT2D eigenvalue weighted by molar-refractivity contribution is 6.08. The molecule has 0 bridgehead atoms. The van der Waals surface area contributed by atoms with Crippen LogP contribution in [0.1, 0.15) is 16.8 Å². The van der Waals surface area contributed by atoms with Crippen LogP contribution in [0.25, 0.3) is 32.9 Å². The first kappa shape index (κ1) is 23.9. The van der Waals surface area contributed by atoms with Gasteiger partial charge in [-0.25, -0.2) is 13.6 Å². The summed E-state index contributed by atoms with van der Waals surface area (Å²) in [6.45, 7) is -1.39. The molecule has 2 N–H and O–H groups in total. The van der Waals surface area contributed by atoms with E-state index in [4.69, 9.17) is 5.26 Å². The van der Waals surface area contributed by atoms with E-state index in [0.717, 1.165) is 26.0 Å². The largest absolute Gasteiger partial charge is 0.464 e. The molecule has 1 aliphatic heterocycles. The van der Waals surface area contributed by atoms with Gasteiger partial charge in [0.2, 0.25) is 5.91 Å². The Kier molecular flexibility index (Phi) is 5.79. The summed E-state index contributed by atoms with van der Waals surface area (Å²) < 4.78 is 28.4. The molecule has 2 aromatic carbocycles. The van der Waals surface area contributed by atoms with Crippen molar-refractivity contribution in [2.75, 3.05) is 13.1 Å². The molecule has 0 unspecified atom stereocenters. The molecule has 0 radical (unpaired) electrons. The quantitative estimate of drug-likeness (QED) is 0.435. The van der Waals surface area contributed by atoms with Crippen LogP contribution >= 0.6 is 0 Å². The summed E-state index contributed by atoms with van der Waals surface area (Å²) in [5.41, 5.74) is 2.86. The summed E-state index contributed by atoms with van der Waals surface area (Å²) in [4.78, 5) is 41.9. The molecule has 4 aromatic rings. The molecule has 0 saturated carbocycles. The Labute approximate surface area is 208 Å². The molecule has 1 fully saturated rings.